The number of rotatable bonds is 4. The van der Waals surface area contributed by atoms with E-state index in [2.05, 4.69) is 5.43 Å². The highest BCUT2D eigenvalue weighted by Crippen LogP contribution is 2.24. The molecular formula is C11H12N4O3S. The number of nitrogen functional groups attached to an aromatic ring is 1. The van der Waals surface area contributed by atoms with Crippen molar-refractivity contribution in [1.82, 2.24) is 4.57 Å². The second-order valence-electron chi connectivity index (χ2n) is 3.98. The number of aromatic nitrogens is 1. The van der Waals surface area contributed by atoms with Gasteiger partial charge in [-0.15, -0.1) is 0 Å². The van der Waals surface area contributed by atoms with Crippen LogP contribution < -0.4 is 16.1 Å². The molecule has 1 aromatic carbocycles. The fourth-order valence-corrected chi connectivity index (χ4v) is 2.47. The number of hydrogen-bond donors (Lipinski definition) is 2. The zero-order valence-corrected chi connectivity index (χ0v) is 10.9. The van der Waals surface area contributed by atoms with Gasteiger partial charge in [-0.2, -0.15) is 0 Å². The molecule has 7 nitrogen and oxygen atoms in total. The third kappa shape index (κ3) is 2.64. The Kier molecular flexibility index (Phi) is 3.63. The van der Waals surface area contributed by atoms with Crippen LogP contribution in [0.2, 0.25) is 0 Å². The maximum Gasteiger partial charge on any atom is 0.307 e. The van der Waals surface area contributed by atoms with Gasteiger partial charge in [0.2, 0.25) is 0 Å². The minimum absolute atomic E-state index is 0.0573. The summed E-state index contributed by atoms with van der Waals surface area (Å²) in [6.07, 6.45) is 0. The Morgan fingerprint density at radius 2 is 2.26 bits per heavy atom. The maximum atomic E-state index is 11.6. The van der Waals surface area contributed by atoms with Gasteiger partial charge in [0.1, 0.15) is 5.69 Å². The standard InChI is InChI=1S/C11H12N4O3S/c1-7-6-19-11(16)14(7)5-8-2-3-10(15(17)18)9(4-8)13-12/h2-4,6,13H,5,12H2,1H3. The first kappa shape index (κ1) is 13.2. The van der Waals surface area contributed by atoms with E-state index in [1.165, 1.54) is 6.07 Å². The molecule has 0 atom stereocenters. The van der Waals surface area contributed by atoms with Crippen molar-refractivity contribution in [3.05, 3.63) is 54.6 Å². The van der Waals surface area contributed by atoms with Crippen LogP contribution in [0.3, 0.4) is 0 Å². The number of thiazole rings is 1. The molecule has 0 unspecified atom stereocenters. The molecule has 100 valence electrons. The SMILES string of the molecule is Cc1csc(=O)n1Cc1ccc([N+](=O)[O-])c(NN)c1. The summed E-state index contributed by atoms with van der Waals surface area (Å²) in [5.41, 5.74) is 4.05. The number of nitro benzene ring substituents is 1. The second kappa shape index (κ2) is 5.21. The van der Waals surface area contributed by atoms with Crippen molar-refractivity contribution >= 4 is 22.7 Å². The fraction of sp³-hybridized carbons (Fsp3) is 0.182. The zero-order chi connectivity index (χ0) is 14.0. The number of aryl methyl sites for hydroxylation is 1. The highest BCUT2D eigenvalue weighted by atomic mass is 32.1. The van der Waals surface area contributed by atoms with E-state index >= 15 is 0 Å². The van der Waals surface area contributed by atoms with Gasteiger partial charge < -0.3 is 5.43 Å². The molecule has 19 heavy (non-hydrogen) atoms. The number of nitrogens with two attached hydrogens (primary N) is 1. The fourth-order valence-electron chi connectivity index (χ4n) is 1.74. The summed E-state index contributed by atoms with van der Waals surface area (Å²) in [6.45, 7) is 2.20. The van der Waals surface area contributed by atoms with Gasteiger partial charge in [0, 0.05) is 17.1 Å². The molecule has 1 aromatic heterocycles. The third-order valence-corrected chi connectivity index (χ3v) is 3.61. The van der Waals surface area contributed by atoms with Crippen LogP contribution >= 0.6 is 11.3 Å². The lowest BCUT2D eigenvalue weighted by molar-refractivity contribution is -0.384. The van der Waals surface area contributed by atoms with Crippen LogP contribution in [0.25, 0.3) is 0 Å². The van der Waals surface area contributed by atoms with Crippen molar-refractivity contribution in [2.24, 2.45) is 5.84 Å². The van der Waals surface area contributed by atoms with Crippen molar-refractivity contribution in [3.8, 4) is 0 Å². The molecule has 1 heterocycles. The summed E-state index contributed by atoms with van der Waals surface area (Å²) in [5.74, 6) is 5.27. The van der Waals surface area contributed by atoms with Crippen LogP contribution in [0.4, 0.5) is 11.4 Å². The average molecular weight is 280 g/mol. The van der Waals surface area contributed by atoms with Crippen LogP contribution in [0, 0.1) is 17.0 Å². The molecular weight excluding hydrogens is 268 g/mol. The highest BCUT2D eigenvalue weighted by Gasteiger charge is 2.14. The van der Waals surface area contributed by atoms with E-state index in [0.717, 1.165) is 22.6 Å². The number of nitrogens with one attached hydrogen (secondary N) is 1. The lowest BCUT2D eigenvalue weighted by Gasteiger charge is -2.07. The number of nitro groups is 1. The van der Waals surface area contributed by atoms with Crippen LogP contribution in [0.1, 0.15) is 11.3 Å². The number of nitrogens with zero attached hydrogens (tertiary/aromatic N) is 2. The molecule has 0 saturated carbocycles. The van der Waals surface area contributed by atoms with Gasteiger partial charge in [-0.25, -0.2) is 0 Å². The summed E-state index contributed by atoms with van der Waals surface area (Å²) in [5, 5.41) is 12.5. The number of benzene rings is 1. The lowest BCUT2D eigenvalue weighted by atomic mass is 10.1. The van der Waals surface area contributed by atoms with Crippen molar-refractivity contribution in [2.75, 3.05) is 5.43 Å². The van der Waals surface area contributed by atoms with Crippen molar-refractivity contribution in [3.63, 3.8) is 0 Å². The largest absolute Gasteiger partial charge is 0.318 e. The zero-order valence-electron chi connectivity index (χ0n) is 10.1. The molecule has 2 aromatic rings. The Bertz CT molecular complexity index is 677. The molecule has 8 heteroatoms. The first-order chi connectivity index (χ1) is 9.02. The smallest absolute Gasteiger partial charge is 0.307 e. The summed E-state index contributed by atoms with van der Waals surface area (Å²) >= 11 is 1.13. The topological polar surface area (TPSA) is 103 Å². The van der Waals surface area contributed by atoms with E-state index in [1.807, 2.05) is 6.92 Å². The van der Waals surface area contributed by atoms with Crippen LogP contribution in [-0.4, -0.2) is 9.49 Å². The molecule has 0 spiro atoms. The van der Waals surface area contributed by atoms with Gasteiger partial charge in [-0.3, -0.25) is 25.3 Å². The van der Waals surface area contributed by atoms with E-state index < -0.39 is 4.92 Å². The molecule has 3 N–H and O–H groups in total. The van der Waals surface area contributed by atoms with Crippen LogP contribution in [0.15, 0.2) is 28.4 Å². The summed E-state index contributed by atoms with van der Waals surface area (Å²) in [4.78, 5) is 21.8. The predicted octanol–water partition coefficient (Wildman–Crippen LogP) is 1.46. The van der Waals surface area contributed by atoms with Crippen molar-refractivity contribution in [2.45, 2.75) is 13.5 Å². The molecule has 0 aliphatic rings. The Morgan fingerprint density at radius 3 is 2.79 bits per heavy atom. The molecule has 0 saturated heterocycles. The Hall–Kier alpha value is -2.19. The van der Waals surface area contributed by atoms with Gasteiger partial charge >= 0.3 is 4.87 Å². The quantitative estimate of drug-likeness (QED) is 0.501. The monoisotopic (exact) mass is 280 g/mol. The Morgan fingerprint density at radius 1 is 1.53 bits per heavy atom. The van der Waals surface area contributed by atoms with E-state index in [-0.39, 0.29) is 16.2 Å². The lowest BCUT2D eigenvalue weighted by Crippen LogP contribution is -2.16. The number of hydrogen-bond acceptors (Lipinski definition) is 6. The van der Waals surface area contributed by atoms with Crippen molar-refractivity contribution in [1.29, 1.82) is 0 Å². The molecule has 0 amide bonds. The van der Waals surface area contributed by atoms with Crippen LogP contribution in [0.5, 0.6) is 0 Å². The van der Waals surface area contributed by atoms with E-state index in [9.17, 15) is 14.9 Å². The maximum absolute atomic E-state index is 11.6. The van der Waals surface area contributed by atoms with Gasteiger partial charge in [-0.05, 0) is 18.6 Å². The van der Waals surface area contributed by atoms with Gasteiger partial charge in [0.25, 0.3) is 5.69 Å². The second-order valence-corrected chi connectivity index (χ2v) is 4.80. The van der Waals surface area contributed by atoms with E-state index in [1.54, 1.807) is 22.1 Å². The first-order valence-corrected chi connectivity index (χ1v) is 6.29. The summed E-state index contributed by atoms with van der Waals surface area (Å²) in [6, 6.07) is 4.56. The van der Waals surface area contributed by atoms with Gasteiger partial charge in [-0.1, -0.05) is 17.4 Å². The summed E-state index contributed by atoms with van der Waals surface area (Å²) in [7, 11) is 0. The summed E-state index contributed by atoms with van der Waals surface area (Å²) < 4.78 is 1.60. The first-order valence-electron chi connectivity index (χ1n) is 5.42. The predicted molar refractivity (Wildman–Crippen MR) is 73.3 cm³/mol. The third-order valence-electron chi connectivity index (χ3n) is 2.73. The molecule has 0 radical (unpaired) electrons. The minimum Gasteiger partial charge on any atom is -0.318 e. The van der Waals surface area contributed by atoms with E-state index in [4.69, 9.17) is 5.84 Å². The number of hydrazine groups is 1. The van der Waals surface area contributed by atoms with E-state index in [0.29, 0.717) is 6.54 Å². The highest BCUT2D eigenvalue weighted by molar-refractivity contribution is 7.07. The average Bonchev–Trinajstić information content (AvgIpc) is 2.70. The molecule has 0 aliphatic carbocycles. The van der Waals surface area contributed by atoms with Gasteiger partial charge in [0.05, 0.1) is 11.5 Å². The van der Waals surface area contributed by atoms with Gasteiger partial charge in [0.15, 0.2) is 0 Å². The molecule has 2 rings (SSSR count). The Labute approximate surface area is 112 Å². The van der Waals surface area contributed by atoms with Crippen LogP contribution in [-0.2, 0) is 6.54 Å². The Balaban J connectivity index is 2.37. The minimum atomic E-state index is -0.513. The molecule has 0 fully saturated rings. The number of anilines is 1. The normalized spacial score (nSPS) is 10.4. The van der Waals surface area contributed by atoms with Crippen molar-refractivity contribution < 1.29 is 4.92 Å². The molecule has 0 bridgehead atoms. The molecule has 0 aliphatic heterocycles.